The van der Waals surface area contributed by atoms with Crippen molar-refractivity contribution in [3.63, 3.8) is 0 Å². The van der Waals surface area contributed by atoms with Crippen molar-refractivity contribution >= 4 is 21.9 Å². The SMILES string of the molecule is C[C@@H](NC(=O)COC(=O)c1ccc(S(=O)(=O)N2CCOCC2)cc1)c1ccc2c(c1)OCO2. The van der Waals surface area contributed by atoms with Crippen LogP contribution in [0.5, 0.6) is 11.5 Å². The van der Waals surface area contributed by atoms with Gasteiger partial charge in [-0.3, -0.25) is 4.79 Å². The number of carbonyl (C=O) groups excluding carboxylic acids is 2. The number of sulfonamides is 1. The number of hydrogen-bond donors (Lipinski definition) is 1. The van der Waals surface area contributed by atoms with Gasteiger partial charge in [-0.05, 0) is 48.9 Å². The molecule has 0 radical (unpaired) electrons. The van der Waals surface area contributed by atoms with Gasteiger partial charge in [-0.1, -0.05) is 6.07 Å². The monoisotopic (exact) mass is 476 g/mol. The highest BCUT2D eigenvalue weighted by molar-refractivity contribution is 7.89. The second-order valence-electron chi connectivity index (χ2n) is 7.52. The van der Waals surface area contributed by atoms with Gasteiger partial charge in [0.05, 0.1) is 29.7 Å². The van der Waals surface area contributed by atoms with E-state index in [1.165, 1.54) is 28.6 Å². The zero-order valence-corrected chi connectivity index (χ0v) is 18.8. The topological polar surface area (TPSA) is 120 Å². The smallest absolute Gasteiger partial charge is 0.338 e. The van der Waals surface area contributed by atoms with Gasteiger partial charge in [0, 0.05) is 13.1 Å². The zero-order chi connectivity index (χ0) is 23.4. The van der Waals surface area contributed by atoms with Crippen LogP contribution in [0.1, 0.15) is 28.9 Å². The lowest BCUT2D eigenvalue weighted by atomic mass is 10.1. The highest BCUT2D eigenvalue weighted by Crippen LogP contribution is 2.34. The van der Waals surface area contributed by atoms with Gasteiger partial charge in [0.1, 0.15) is 0 Å². The number of nitrogens with zero attached hydrogens (tertiary/aromatic N) is 1. The fourth-order valence-electron chi connectivity index (χ4n) is 3.46. The molecule has 1 fully saturated rings. The van der Waals surface area contributed by atoms with E-state index in [0.717, 1.165) is 5.56 Å². The number of hydrogen-bond acceptors (Lipinski definition) is 8. The molecular weight excluding hydrogens is 452 g/mol. The van der Waals surface area contributed by atoms with E-state index in [1.807, 2.05) is 6.07 Å². The maximum atomic E-state index is 12.7. The molecule has 176 valence electrons. The molecule has 0 aliphatic carbocycles. The van der Waals surface area contributed by atoms with E-state index in [-0.39, 0.29) is 36.4 Å². The average Bonchev–Trinajstić information content (AvgIpc) is 3.31. The van der Waals surface area contributed by atoms with Crippen LogP contribution < -0.4 is 14.8 Å². The van der Waals surface area contributed by atoms with Gasteiger partial charge in [0.25, 0.3) is 5.91 Å². The third kappa shape index (κ3) is 5.27. The van der Waals surface area contributed by atoms with Crippen molar-refractivity contribution in [2.24, 2.45) is 0 Å². The van der Waals surface area contributed by atoms with Gasteiger partial charge in [-0.2, -0.15) is 4.31 Å². The second kappa shape index (κ2) is 9.77. The summed E-state index contributed by atoms with van der Waals surface area (Å²) in [6.07, 6.45) is 0. The number of morpholine rings is 1. The van der Waals surface area contributed by atoms with Gasteiger partial charge < -0.3 is 24.3 Å². The molecule has 2 heterocycles. The first kappa shape index (κ1) is 23.0. The normalized spacial score (nSPS) is 16.8. The number of carbonyl (C=O) groups is 2. The lowest BCUT2D eigenvalue weighted by Crippen LogP contribution is -2.40. The van der Waals surface area contributed by atoms with Crippen LogP contribution in [0.3, 0.4) is 0 Å². The number of rotatable bonds is 7. The Labute approximate surface area is 191 Å². The third-order valence-electron chi connectivity index (χ3n) is 5.31. The van der Waals surface area contributed by atoms with Crippen molar-refractivity contribution in [3.8, 4) is 11.5 Å². The van der Waals surface area contributed by atoms with Crippen LogP contribution in [-0.2, 0) is 24.3 Å². The van der Waals surface area contributed by atoms with Gasteiger partial charge in [-0.15, -0.1) is 0 Å². The van der Waals surface area contributed by atoms with Crippen LogP contribution in [0, 0.1) is 0 Å². The molecule has 2 aromatic carbocycles. The zero-order valence-electron chi connectivity index (χ0n) is 18.0. The summed E-state index contributed by atoms with van der Waals surface area (Å²) in [4.78, 5) is 24.6. The quantitative estimate of drug-likeness (QED) is 0.597. The summed E-state index contributed by atoms with van der Waals surface area (Å²) >= 11 is 0. The van der Waals surface area contributed by atoms with Crippen LogP contribution in [-0.4, -0.2) is 64.3 Å². The number of nitrogens with one attached hydrogen (secondary N) is 1. The first-order valence-corrected chi connectivity index (χ1v) is 11.8. The van der Waals surface area contributed by atoms with Crippen molar-refractivity contribution < 1.29 is 37.0 Å². The Kier molecular flexibility index (Phi) is 6.82. The summed E-state index contributed by atoms with van der Waals surface area (Å²) in [6, 6.07) is 10.5. The molecule has 11 heteroatoms. The lowest BCUT2D eigenvalue weighted by Gasteiger charge is -2.26. The van der Waals surface area contributed by atoms with E-state index in [4.69, 9.17) is 18.9 Å². The van der Waals surface area contributed by atoms with Crippen molar-refractivity contribution in [2.45, 2.75) is 17.9 Å². The maximum absolute atomic E-state index is 12.7. The minimum atomic E-state index is -3.65. The second-order valence-corrected chi connectivity index (χ2v) is 9.46. The summed E-state index contributed by atoms with van der Waals surface area (Å²) in [5, 5.41) is 2.75. The van der Waals surface area contributed by atoms with Gasteiger partial charge in [0.2, 0.25) is 16.8 Å². The molecule has 4 rings (SSSR count). The molecule has 0 spiro atoms. The van der Waals surface area contributed by atoms with Gasteiger partial charge in [-0.25, -0.2) is 13.2 Å². The van der Waals surface area contributed by atoms with Crippen molar-refractivity contribution in [1.29, 1.82) is 0 Å². The number of ether oxygens (including phenoxy) is 4. The van der Waals surface area contributed by atoms with Gasteiger partial charge >= 0.3 is 5.97 Å². The average molecular weight is 477 g/mol. The molecule has 2 aromatic rings. The minimum absolute atomic E-state index is 0.0799. The maximum Gasteiger partial charge on any atom is 0.338 e. The Balaban J connectivity index is 1.29. The number of fused-ring (bicyclic) bond motifs is 1. The Morgan fingerprint density at radius 3 is 2.48 bits per heavy atom. The predicted octanol–water partition coefficient (Wildman–Crippen LogP) is 1.47. The van der Waals surface area contributed by atoms with E-state index in [0.29, 0.717) is 24.7 Å². The standard InChI is InChI=1S/C22H24N2O8S/c1-15(17-4-7-19-20(12-17)32-14-31-19)23-21(25)13-30-22(26)16-2-5-18(6-3-16)33(27,28)24-8-10-29-11-9-24/h2-7,12,15H,8-11,13-14H2,1H3,(H,23,25)/t15-/m1/s1. The van der Waals surface area contributed by atoms with E-state index in [2.05, 4.69) is 5.32 Å². The molecule has 1 saturated heterocycles. The Hall–Kier alpha value is -3.15. The minimum Gasteiger partial charge on any atom is -0.454 e. The molecule has 1 amide bonds. The molecule has 2 aliphatic heterocycles. The molecule has 33 heavy (non-hydrogen) atoms. The summed E-state index contributed by atoms with van der Waals surface area (Å²) in [7, 11) is -3.65. The lowest BCUT2D eigenvalue weighted by molar-refractivity contribution is -0.124. The highest BCUT2D eigenvalue weighted by Gasteiger charge is 2.26. The summed E-state index contributed by atoms with van der Waals surface area (Å²) in [6.45, 7) is 2.75. The van der Waals surface area contributed by atoms with Crippen LogP contribution in [0.15, 0.2) is 47.4 Å². The molecule has 0 unspecified atom stereocenters. The molecule has 1 atom stereocenters. The molecule has 0 aromatic heterocycles. The molecular formula is C22H24N2O8S. The Morgan fingerprint density at radius 1 is 1.06 bits per heavy atom. The number of amides is 1. The predicted molar refractivity (Wildman–Crippen MR) is 115 cm³/mol. The summed E-state index contributed by atoms with van der Waals surface area (Å²) in [5.74, 6) is 0.0605. The van der Waals surface area contributed by atoms with Gasteiger partial charge in [0.15, 0.2) is 18.1 Å². The number of esters is 1. The van der Waals surface area contributed by atoms with Crippen molar-refractivity contribution in [2.75, 3.05) is 39.7 Å². The molecule has 10 nitrogen and oxygen atoms in total. The van der Waals surface area contributed by atoms with Crippen LogP contribution in [0.4, 0.5) is 0 Å². The summed E-state index contributed by atoms with van der Waals surface area (Å²) < 4.78 is 47.5. The molecule has 0 bridgehead atoms. The van der Waals surface area contributed by atoms with E-state index in [1.54, 1.807) is 19.1 Å². The molecule has 0 saturated carbocycles. The Morgan fingerprint density at radius 2 is 1.76 bits per heavy atom. The van der Waals surface area contributed by atoms with Crippen molar-refractivity contribution in [1.82, 2.24) is 9.62 Å². The highest BCUT2D eigenvalue weighted by atomic mass is 32.2. The van der Waals surface area contributed by atoms with Crippen molar-refractivity contribution in [3.05, 3.63) is 53.6 Å². The Bertz CT molecular complexity index is 1130. The molecule has 2 aliphatic rings. The first-order chi connectivity index (χ1) is 15.8. The third-order valence-corrected chi connectivity index (χ3v) is 7.22. The van der Waals surface area contributed by atoms with E-state index in [9.17, 15) is 18.0 Å². The number of benzene rings is 2. The van der Waals surface area contributed by atoms with Crippen LogP contribution in [0.25, 0.3) is 0 Å². The summed E-state index contributed by atoms with van der Waals surface area (Å²) in [5.41, 5.74) is 0.962. The van der Waals surface area contributed by atoms with Crippen LogP contribution >= 0.6 is 0 Å². The largest absolute Gasteiger partial charge is 0.454 e. The first-order valence-electron chi connectivity index (χ1n) is 10.4. The fourth-order valence-corrected chi connectivity index (χ4v) is 4.87. The van der Waals surface area contributed by atoms with E-state index >= 15 is 0 Å². The van der Waals surface area contributed by atoms with E-state index < -0.39 is 28.5 Å². The molecule has 1 N–H and O–H groups in total. The van der Waals surface area contributed by atoms with Crippen LogP contribution in [0.2, 0.25) is 0 Å². The fraction of sp³-hybridized carbons (Fsp3) is 0.364.